The quantitative estimate of drug-likeness (QED) is 0.543. The van der Waals surface area contributed by atoms with Gasteiger partial charge in [0.25, 0.3) is 5.88 Å². The first kappa shape index (κ1) is 22.1. The molecular weight excluding hydrogens is 429 g/mol. The molecule has 8 nitrogen and oxygen atoms in total. The van der Waals surface area contributed by atoms with Crippen molar-refractivity contribution in [1.82, 2.24) is 9.97 Å². The van der Waals surface area contributed by atoms with E-state index in [1.807, 2.05) is 0 Å². The Balaban J connectivity index is 1.56. The van der Waals surface area contributed by atoms with Crippen molar-refractivity contribution < 1.29 is 28.2 Å². The molecule has 0 saturated heterocycles. The monoisotopic (exact) mass is 449 g/mol. The van der Waals surface area contributed by atoms with Gasteiger partial charge in [-0.3, -0.25) is 19.6 Å². The number of allylic oxidation sites excluding steroid dienone is 1. The summed E-state index contributed by atoms with van der Waals surface area (Å²) in [6.45, 7) is 2.07. The van der Waals surface area contributed by atoms with Crippen LogP contribution < -0.4 is 14.2 Å². The molecule has 0 saturated carbocycles. The summed E-state index contributed by atoms with van der Waals surface area (Å²) in [4.78, 5) is 37.1. The number of fused-ring (bicyclic) bond motifs is 1. The predicted octanol–water partition coefficient (Wildman–Crippen LogP) is 3.66. The van der Waals surface area contributed by atoms with Crippen molar-refractivity contribution in [2.75, 3.05) is 20.8 Å². The van der Waals surface area contributed by atoms with Crippen molar-refractivity contribution in [2.24, 2.45) is 4.99 Å². The van der Waals surface area contributed by atoms with Crippen LogP contribution in [0.2, 0.25) is 0 Å². The minimum Gasteiger partial charge on any atom is -0.491 e. The lowest BCUT2D eigenvalue weighted by atomic mass is 10.0. The third-order valence-corrected chi connectivity index (χ3v) is 4.96. The molecule has 168 valence electrons. The van der Waals surface area contributed by atoms with Gasteiger partial charge >= 0.3 is 0 Å². The normalized spacial score (nSPS) is 13.4. The topological polar surface area (TPSA) is 100.0 Å². The van der Waals surface area contributed by atoms with Crippen molar-refractivity contribution in [1.29, 1.82) is 0 Å². The maximum atomic E-state index is 14.8. The van der Waals surface area contributed by atoms with Crippen LogP contribution in [0.3, 0.4) is 0 Å². The van der Waals surface area contributed by atoms with Crippen molar-refractivity contribution >= 4 is 28.3 Å². The average Bonchev–Trinajstić information content (AvgIpc) is 2.80. The van der Waals surface area contributed by atoms with E-state index in [0.717, 1.165) is 5.57 Å². The van der Waals surface area contributed by atoms with Crippen LogP contribution >= 0.6 is 0 Å². The molecule has 0 bridgehead atoms. The Morgan fingerprint density at radius 3 is 2.61 bits per heavy atom. The number of benzene rings is 1. The van der Waals surface area contributed by atoms with Crippen LogP contribution in [0.5, 0.6) is 23.1 Å². The number of ketones is 2. The standard InChI is InChI=1S/C24H20FN3O5/c1-13-8-17(29)23(27-12-13)18(30)10-14-4-5-19(15(25)9-14)33-20-6-7-26-16-11-21(31-2)24(32-3)28-22(16)20/h4-9,11H,10,12H2,1-3H3. The lowest BCUT2D eigenvalue weighted by Gasteiger charge is -2.12. The van der Waals surface area contributed by atoms with Gasteiger partial charge in [-0.25, -0.2) is 9.37 Å². The number of rotatable bonds is 7. The molecular formula is C24H20FN3O5. The number of ether oxygens (including phenoxy) is 3. The highest BCUT2D eigenvalue weighted by Gasteiger charge is 2.22. The number of pyridine rings is 2. The molecule has 33 heavy (non-hydrogen) atoms. The first-order valence-corrected chi connectivity index (χ1v) is 10.0. The largest absolute Gasteiger partial charge is 0.491 e. The van der Waals surface area contributed by atoms with E-state index in [4.69, 9.17) is 14.2 Å². The highest BCUT2D eigenvalue weighted by molar-refractivity contribution is 6.68. The summed E-state index contributed by atoms with van der Waals surface area (Å²) >= 11 is 0. The second kappa shape index (κ2) is 9.15. The van der Waals surface area contributed by atoms with Crippen LogP contribution in [0.15, 0.2) is 53.2 Å². The molecule has 1 aromatic carbocycles. The number of carbonyl (C=O) groups is 2. The summed E-state index contributed by atoms with van der Waals surface area (Å²) in [6, 6.07) is 7.37. The third-order valence-electron chi connectivity index (χ3n) is 4.96. The highest BCUT2D eigenvalue weighted by Crippen LogP contribution is 2.34. The van der Waals surface area contributed by atoms with Gasteiger partial charge < -0.3 is 14.2 Å². The van der Waals surface area contributed by atoms with E-state index >= 15 is 0 Å². The molecule has 0 unspecified atom stereocenters. The molecule has 0 radical (unpaired) electrons. The van der Waals surface area contributed by atoms with Crippen molar-refractivity contribution in [2.45, 2.75) is 13.3 Å². The van der Waals surface area contributed by atoms with E-state index in [9.17, 15) is 14.0 Å². The van der Waals surface area contributed by atoms with Gasteiger partial charge in [0.05, 0.1) is 26.3 Å². The Morgan fingerprint density at radius 2 is 1.91 bits per heavy atom. The fourth-order valence-corrected chi connectivity index (χ4v) is 3.36. The van der Waals surface area contributed by atoms with E-state index in [2.05, 4.69) is 15.0 Å². The number of hydrogen-bond donors (Lipinski definition) is 0. The zero-order valence-corrected chi connectivity index (χ0v) is 18.2. The van der Waals surface area contributed by atoms with E-state index in [1.165, 1.54) is 38.6 Å². The molecule has 1 aliphatic rings. The van der Waals surface area contributed by atoms with Crippen LogP contribution in [-0.2, 0) is 16.0 Å². The zero-order valence-electron chi connectivity index (χ0n) is 18.2. The fourth-order valence-electron chi connectivity index (χ4n) is 3.36. The molecule has 0 N–H and O–H groups in total. The Labute approximate surface area is 188 Å². The number of dihydropyridines is 1. The lowest BCUT2D eigenvalue weighted by molar-refractivity contribution is -0.114. The van der Waals surface area contributed by atoms with Gasteiger partial charge in [-0.1, -0.05) is 6.07 Å². The minimum atomic E-state index is -0.668. The van der Waals surface area contributed by atoms with Crippen LogP contribution in [0.25, 0.3) is 11.0 Å². The van der Waals surface area contributed by atoms with Gasteiger partial charge in [0, 0.05) is 24.8 Å². The lowest BCUT2D eigenvalue weighted by Crippen LogP contribution is -2.27. The van der Waals surface area contributed by atoms with Crippen molar-refractivity contribution in [3.8, 4) is 23.1 Å². The van der Waals surface area contributed by atoms with Crippen LogP contribution in [-0.4, -0.2) is 48.0 Å². The van der Waals surface area contributed by atoms with E-state index < -0.39 is 17.4 Å². The molecule has 0 aliphatic carbocycles. The summed E-state index contributed by atoms with van der Waals surface area (Å²) in [5.74, 6) is -0.689. The molecule has 0 spiro atoms. The molecule has 1 aliphatic heterocycles. The summed E-state index contributed by atoms with van der Waals surface area (Å²) in [5, 5.41) is 0. The molecule has 0 fully saturated rings. The SMILES string of the molecule is COc1cc2nccc(Oc3ccc(CC(=O)C4=NCC(C)=CC4=O)cc3F)c2nc1OC. The van der Waals surface area contributed by atoms with Crippen molar-refractivity contribution in [3.63, 3.8) is 0 Å². The summed E-state index contributed by atoms with van der Waals surface area (Å²) in [7, 11) is 2.94. The Bertz CT molecular complexity index is 1330. The molecule has 0 atom stereocenters. The Hall–Kier alpha value is -4.14. The third kappa shape index (κ3) is 4.57. The smallest absolute Gasteiger partial charge is 0.257 e. The van der Waals surface area contributed by atoms with Crippen molar-refractivity contribution in [3.05, 3.63) is 59.6 Å². The first-order valence-electron chi connectivity index (χ1n) is 10.0. The first-order chi connectivity index (χ1) is 15.9. The number of nitrogens with zero attached hydrogens (tertiary/aromatic N) is 3. The Kier molecular flexibility index (Phi) is 6.12. The average molecular weight is 449 g/mol. The van der Waals surface area contributed by atoms with Gasteiger partial charge in [0.2, 0.25) is 5.78 Å². The van der Waals surface area contributed by atoms with Gasteiger partial charge in [0.1, 0.15) is 11.2 Å². The second-order valence-electron chi connectivity index (χ2n) is 7.36. The van der Waals surface area contributed by atoms with Gasteiger partial charge in [0.15, 0.2) is 28.8 Å². The zero-order chi connectivity index (χ0) is 23.5. The number of carbonyl (C=O) groups excluding carboxylic acids is 2. The highest BCUT2D eigenvalue weighted by atomic mass is 19.1. The number of aliphatic imine (C=N–C) groups is 1. The minimum absolute atomic E-state index is 0.0556. The predicted molar refractivity (Wildman–Crippen MR) is 119 cm³/mol. The summed E-state index contributed by atoms with van der Waals surface area (Å²) in [6.07, 6.45) is 2.76. The molecule has 4 rings (SSSR count). The maximum Gasteiger partial charge on any atom is 0.257 e. The molecule has 2 aromatic heterocycles. The van der Waals surface area contributed by atoms with Gasteiger partial charge in [-0.2, -0.15) is 0 Å². The number of aromatic nitrogens is 2. The van der Waals surface area contributed by atoms with E-state index in [0.29, 0.717) is 28.9 Å². The summed E-state index contributed by atoms with van der Waals surface area (Å²) < 4.78 is 31.0. The molecule has 3 heterocycles. The van der Waals surface area contributed by atoms with E-state index in [1.54, 1.807) is 25.1 Å². The molecule has 0 amide bonds. The van der Waals surface area contributed by atoms with E-state index in [-0.39, 0.29) is 29.5 Å². The maximum absolute atomic E-state index is 14.8. The van der Waals surface area contributed by atoms with Crippen LogP contribution in [0.1, 0.15) is 12.5 Å². The second-order valence-corrected chi connectivity index (χ2v) is 7.36. The molecule has 9 heteroatoms. The van der Waals surface area contributed by atoms with Crippen LogP contribution in [0, 0.1) is 5.82 Å². The summed E-state index contributed by atoms with van der Waals surface area (Å²) in [5.41, 5.74) is 1.93. The Morgan fingerprint density at radius 1 is 1.09 bits per heavy atom. The number of methoxy groups -OCH3 is 2. The molecule has 3 aromatic rings. The van der Waals surface area contributed by atoms with Gasteiger partial charge in [-0.15, -0.1) is 0 Å². The fraction of sp³-hybridized carbons (Fsp3) is 0.208. The number of halogens is 1. The van der Waals surface area contributed by atoms with Crippen LogP contribution in [0.4, 0.5) is 4.39 Å². The number of hydrogen-bond acceptors (Lipinski definition) is 8. The number of Topliss-reactive ketones (excluding diaryl/α,β-unsaturated/α-hetero) is 1. The van der Waals surface area contributed by atoms with Gasteiger partial charge in [-0.05, 0) is 36.3 Å².